The number of benzene rings is 1. The Morgan fingerprint density at radius 2 is 1.80 bits per heavy atom. The fraction of sp³-hybridized carbons (Fsp3) is 0.200. The number of aromatic nitrogens is 1. The SMILES string of the molecule is C[C@H](NC(=O)Cc1c(Cl)cccc1Cl)c1ccncc1. The van der Waals surface area contributed by atoms with Crippen molar-refractivity contribution >= 4 is 29.1 Å². The van der Waals surface area contributed by atoms with E-state index in [1.807, 2.05) is 19.1 Å². The van der Waals surface area contributed by atoms with Gasteiger partial charge in [0.1, 0.15) is 0 Å². The molecule has 5 heteroatoms. The van der Waals surface area contributed by atoms with E-state index >= 15 is 0 Å². The van der Waals surface area contributed by atoms with Crippen LogP contribution < -0.4 is 5.32 Å². The Kier molecular flexibility index (Phi) is 4.99. The summed E-state index contributed by atoms with van der Waals surface area (Å²) in [5.41, 5.74) is 1.65. The number of rotatable bonds is 4. The molecule has 0 fully saturated rings. The smallest absolute Gasteiger partial charge is 0.225 e. The summed E-state index contributed by atoms with van der Waals surface area (Å²) in [4.78, 5) is 16.0. The first-order chi connectivity index (χ1) is 9.58. The zero-order valence-electron chi connectivity index (χ0n) is 10.9. The first kappa shape index (κ1) is 14.8. The molecule has 0 aliphatic carbocycles. The lowest BCUT2D eigenvalue weighted by atomic mass is 10.1. The Balaban J connectivity index is 2.03. The molecule has 0 bridgehead atoms. The van der Waals surface area contributed by atoms with Crippen molar-refractivity contribution in [2.24, 2.45) is 0 Å². The zero-order valence-corrected chi connectivity index (χ0v) is 12.4. The van der Waals surface area contributed by atoms with E-state index in [-0.39, 0.29) is 18.4 Å². The molecule has 1 aromatic carbocycles. The van der Waals surface area contributed by atoms with Crippen molar-refractivity contribution in [2.45, 2.75) is 19.4 Å². The Morgan fingerprint density at radius 1 is 1.20 bits per heavy atom. The lowest BCUT2D eigenvalue weighted by Crippen LogP contribution is -2.28. The lowest BCUT2D eigenvalue weighted by Gasteiger charge is -2.14. The molecule has 1 aromatic heterocycles. The van der Waals surface area contributed by atoms with Crippen molar-refractivity contribution in [3.8, 4) is 0 Å². The molecule has 1 amide bonds. The molecule has 0 saturated heterocycles. The molecular weight excluding hydrogens is 295 g/mol. The van der Waals surface area contributed by atoms with Gasteiger partial charge in [-0.25, -0.2) is 0 Å². The molecular formula is C15H14Cl2N2O. The van der Waals surface area contributed by atoms with Gasteiger partial charge in [-0.2, -0.15) is 0 Å². The maximum Gasteiger partial charge on any atom is 0.225 e. The molecule has 0 aliphatic rings. The minimum atomic E-state index is -0.121. The van der Waals surface area contributed by atoms with Crippen molar-refractivity contribution < 1.29 is 4.79 Å². The summed E-state index contributed by atoms with van der Waals surface area (Å²) in [6, 6.07) is 8.85. The average Bonchev–Trinajstić information content (AvgIpc) is 2.44. The monoisotopic (exact) mass is 308 g/mol. The summed E-state index contributed by atoms with van der Waals surface area (Å²) in [5.74, 6) is -0.121. The number of nitrogens with one attached hydrogen (secondary N) is 1. The van der Waals surface area contributed by atoms with Crippen LogP contribution in [0.1, 0.15) is 24.1 Å². The van der Waals surface area contributed by atoms with Crippen LogP contribution >= 0.6 is 23.2 Å². The summed E-state index contributed by atoms with van der Waals surface area (Å²) in [5, 5.41) is 3.92. The van der Waals surface area contributed by atoms with E-state index in [0.717, 1.165) is 5.56 Å². The first-order valence-corrected chi connectivity index (χ1v) is 6.95. The quantitative estimate of drug-likeness (QED) is 0.933. The second-order valence-corrected chi connectivity index (χ2v) is 5.26. The molecule has 0 spiro atoms. The highest BCUT2D eigenvalue weighted by Gasteiger charge is 2.13. The second kappa shape index (κ2) is 6.73. The van der Waals surface area contributed by atoms with Crippen LogP contribution in [0.15, 0.2) is 42.7 Å². The molecule has 0 saturated carbocycles. The summed E-state index contributed by atoms with van der Waals surface area (Å²) < 4.78 is 0. The van der Waals surface area contributed by atoms with Crippen LogP contribution in [-0.2, 0) is 11.2 Å². The van der Waals surface area contributed by atoms with Gasteiger partial charge in [0.2, 0.25) is 5.91 Å². The highest BCUT2D eigenvalue weighted by Crippen LogP contribution is 2.24. The minimum absolute atomic E-state index is 0.0910. The predicted molar refractivity (Wildman–Crippen MR) is 81.0 cm³/mol. The van der Waals surface area contributed by atoms with Gasteiger partial charge in [0.15, 0.2) is 0 Å². The maximum absolute atomic E-state index is 12.1. The third-order valence-electron chi connectivity index (χ3n) is 2.98. The van der Waals surface area contributed by atoms with Crippen molar-refractivity contribution in [2.75, 3.05) is 0 Å². The molecule has 0 aliphatic heterocycles. The lowest BCUT2D eigenvalue weighted by molar-refractivity contribution is -0.121. The van der Waals surface area contributed by atoms with Gasteiger partial charge in [-0.15, -0.1) is 0 Å². The van der Waals surface area contributed by atoms with Crippen LogP contribution in [0.3, 0.4) is 0 Å². The molecule has 104 valence electrons. The van der Waals surface area contributed by atoms with E-state index in [9.17, 15) is 4.79 Å². The molecule has 2 rings (SSSR count). The van der Waals surface area contributed by atoms with Crippen molar-refractivity contribution in [3.05, 3.63) is 63.9 Å². The molecule has 20 heavy (non-hydrogen) atoms. The van der Waals surface area contributed by atoms with E-state index < -0.39 is 0 Å². The number of amides is 1. The Hall–Kier alpha value is -1.58. The number of halogens is 2. The highest BCUT2D eigenvalue weighted by atomic mass is 35.5. The summed E-state index contributed by atoms with van der Waals surface area (Å²) >= 11 is 12.1. The van der Waals surface area contributed by atoms with Gasteiger partial charge in [0, 0.05) is 22.4 Å². The zero-order chi connectivity index (χ0) is 14.5. The predicted octanol–water partition coefficient (Wildman–Crippen LogP) is 3.81. The molecule has 1 heterocycles. The number of pyridine rings is 1. The van der Waals surface area contributed by atoms with Gasteiger partial charge in [0.05, 0.1) is 12.5 Å². The molecule has 3 nitrogen and oxygen atoms in total. The van der Waals surface area contributed by atoms with Gasteiger partial charge >= 0.3 is 0 Å². The number of hydrogen-bond donors (Lipinski definition) is 1. The average molecular weight is 309 g/mol. The van der Waals surface area contributed by atoms with E-state index in [2.05, 4.69) is 10.3 Å². The molecule has 0 unspecified atom stereocenters. The summed E-state index contributed by atoms with van der Waals surface area (Å²) in [6.45, 7) is 1.92. The third kappa shape index (κ3) is 3.71. The van der Waals surface area contributed by atoms with Crippen LogP contribution in [0.5, 0.6) is 0 Å². The van der Waals surface area contributed by atoms with E-state index in [1.54, 1.807) is 30.6 Å². The molecule has 1 N–H and O–H groups in total. The van der Waals surface area contributed by atoms with Gasteiger partial charge < -0.3 is 5.32 Å². The second-order valence-electron chi connectivity index (χ2n) is 4.45. The van der Waals surface area contributed by atoms with Crippen LogP contribution in [0, 0.1) is 0 Å². The standard InChI is InChI=1S/C15H14Cl2N2O/c1-10(11-5-7-18-8-6-11)19-15(20)9-12-13(16)3-2-4-14(12)17/h2-8,10H,9H2,1H3,(H,19,20)/t10-/m0/s1. The van der Waals surface area contributed by atoms with Crippen LogP contribution in [-0.4, -0.2) is 10.9 Å². The summed E-state index contributed by atoms with van der Waals surface area (Å²) in [6.07, 6.45) is 3.56. The largest absolute Gasteiger partial charge is 0.349 e. The van der Waals surface area contributed by atoms with Gasteiger partial charge in [-0.1, -0.05) is 29.3 Å². The first-order valence-electron chi connectivity index (χ1n) is 6.20. The Bertz CT molecular complexity index is 582. The van der Waals surface area contributed by atoms with Crippen molar-refractivity contribution in [1.29, 1.82) is 0 Å². The van der Waals surface area contributed by atoms with Crippen LogP contribution in [0.2, 0.25) is 10.0 Å². The Morgan fingerprint density at radius 3 is 2.40 bits per heavy atom. The molecule has 2 aromatic rings. The molecule has 0 radical (unpaired) electrons. The van der Waals surface area contributed by atoms with Crippen LogP contribution in [0.25, 0.3) is 0 Å². The van der Waals surface area contributed by atoms with E-state index in [4.69, 9.17) is 23.2 Å². The van der Waals surface area contributed by atoms with Gasteiger partial charge in [-0.05, 0) is 42.3 Å². The number of carbonyl (C=O) groups excluding carboxylic acids is 1. The van der Waals surface area contributed by atoms with E-state index in [0.29, 0.717) is 15.6 Å². The molecule has 1 atom stereocenters. The third-order valence-corrected chi connectivity index (χ3v) is 3.69. The topological polar surface area (TPSA) is 42.0 Å². The number of hydrogen-bond acceptors (Lipinski definition) is 2. The summed E-state index contributed by atoms with van der Waals surface area (Å²) in [7, 11) is 0. The Labute approximate surface area is 127 Å². The maximum atomic E-state index is 12.1. The van der Waals surface area contributed by atoms with E-state index in [1.165, 1.54) is 0 Å². The minimum Gasteiger partial charge on any atom is -0.349 e. The van der Waals surface area contributed by atoms with Gasteiger partial charge in [0.25, 0.3) is 0 Å². The fourth-order valence-electron chi connectivity index (χ4n) is 1.89. The fourth-order valence-corrected chi connectivity index (χ4v) is 2.42. The van der Waals surface area contributed by atoms with Gasteiger partial charge in [-0.3, -0.25) is 9.78 Å². The van der Waals surface area contributed by atoms with Crippen LogP contribution in [0.4, 0.5) is 0 Å². The number of nitrogens with zero attached hydrogens (tertiary/aromatic N) is 1. The van der Waals surface area contributed by atoms with Crippen molar-refractivity contribution in [3.63, 3.8) is 0 Å². The van der Waals surface area contributed by atoms with Crippen molar-refractivity contribution in [1.82, 2.24) is 10.3 Å². The normalized spacial score (nSPS) is 11.9. The highest BCUT2D eigenvalue weighted by molar-refractivity contribution is 6.36. The number of carbonyl (C=O) groups is 1.